The van der Waals surface area contributed by atoms with E-state index in [1.54, 1.807) is 0 Å². The second kappa shape index (κ2) is 7.50. The maximum Gasteiger partial charge on any atom is 0.321 e. The molecule has 0 bridgehead atoms. The van der Waals surface area contributed by atoms with Crippen LogP contribution in [0.25, 0.3) is 0 Å². The van der Waals surface area contributed by atoms with E-state index in [1.165, 1.54) is 12.8 Å². The molecule has 3 aliphatic rings. The van der Waals surface area contributed by atoms with Crippen molar-refractivity contribution in [3.8, 4) is 0 Å². The molecule has 0 radical (unpaired) electrons. The van der Waals surface area contributed by atoms with E-state index in [-0.39, 0.29) is 17.4 Å². The van der Waals surface area contributed by atoms with E-state index in [2.05, 4.69) is 10.2 Å². The predicted octanol–water partition coefficient (Wildman–Crippen LogP) is 2.48. The van der Waals surface area contributed by atoms with E-state index < -0.39 is 0 Å². The van der Waals surface area contributed by atoms with Gasteiger partial charge in [0.25, 0.3) is 0 Å². The third kappa shape index (κ3) is 4.26. The number of benzene rings is 1. The SMILES string of the molecule is CCN1CC2(CC1=O)CN(CC1CC1)CCN(C(=O)Nc1ccccc1)C2. The molecule has 1 aliphatic carbocycles. The number of nitrogens with zero attached hydrogens (tertiary/aromatic N) is 3. The minimum atomic E-state index is -0.146. The van der Waals surface area contributed by atoms with Gasteiger partial charge in [0.1, 0.15) is 0 Å². The largest absolute Gasteiger partial charge is 0.342 e. The first kappa shape index (κ1) is 18.3. The molecule has 27 heavy (non-hydrogen) atoms. The van der Waals surface area contributed by atoms with Gasteiger partial charge in [0.15, 0.2) is 0 Å². The third-order valence-electron chi connectivity index (χ3n) is 6.08. The molecule has 3 amide bonds. The van der Waals surface area contributed by atoms with Crippen LogP contribution in [0, 0.1) is 11.3 Å². The number of hydrogen-bond donors (Lipinski definition) is 1. The summed E-state index contributed by atoms with van der Waals surface area (Å²) in [4.78, 5) is 31.8. The van der Waals surface area contributed by atoms with Gasteiger partial charge in [-0.15, -0.1) is 0 Å². The topological polar surface area (TPSA) is 55.9 Å². The Labute approximate surface area is 161 Å². The number of urea groups is 1. The number of para-hydroxylation sites is 1. The second-order valence-corrected chi connectivity index (χ2v) is 8.48. The summed E-state index contributed by atoms with van der Waals surface area (Å²) in [6.45, 7) is 7.83. The highest BCUT2D eigenvalue weighted by Gasteiger charge is 2.47. The number of anilines is 1. The van der Waals surface area contributed by atoms with Gasteiger partial charge in [0.05, 0.1) is 0 Å². The zero-order valence-electron chi connectivity index (χ0n) is 16.2. The number of likely N-dealkylation sites (tertiary alicyclic amines) is 1. The van der Waals surface area contributed by atoms with Crippen LogP contribution in [0.3, 0.4) is 0 Å². The molecular formula is C21H30N4O2. The number of rotatable bonds is 4. The number of hydrogen-bond acceptors (Lipinski definition) is 3. The van der Waals surface area contributed by atoms with E-state index in [1.807, 2.05) is 47.1 Å². The summed E-state index contributed by atoms with van der Waals surface area (Å²) in [5.74, 6) is 1.04. The fraction of sp³-hybridized carbons (Fsp3) is 0.619. The number of amides is 3. The summed E-state index contributed by atoms with van der Waals surface area (Å²) >= 11 is 0. The Hall–Kier alpha value is -2.08. The molecule has 2 aliphatic heterocycles. The van der Waals surface area contributed by atoms with Crippen LogP contribution in [0.5, 0.6) is 0 Å². The number of nitrogens with one attached hydrogen (secondary N) is 1. The summed E-state index contributed by atoms with van der Waals surface area (Å²) in [5.41, 5.74) is 0.667. The number of carbonyl (C=O) groups is 2. The maximum atomic E-state index is 12.9. The van der Waals surface area contributed by atoms with Crippen LogP contribution in [0.2, 0.25) is 0 Å². The highest BCUT2D eigenvalue weighted by Crippen LogP contribution is 2.37. The van der Waals surface area contributed by atoms with E-state index in [9.17, 15) is 9.59 Å². The lowest BCUT2D eigenvalue weighted by Crippen LogP contribution is -2.45. The van der Waals surface area contributed by atoms with E-state index >= 15 is 0 Å². The van der Waals surface area contributed by atoms with Crippen molar-refractivity contribution in [1.82, 2.24) is 14.7 Å². The Morgan fingerprint density at radius 3 is 2.59 bits per heavy atom. The Morgan fingerprint density at radius 1 is 1.15 bits per heavy atom. The molecule has 1 spiro atoms. The van der Waals surface area contributed by atoms with Gasteiger partial charge in [-0.1, -0.05) is 18.2 Å². The molecule has 3 fully saturated rings. The highest BCUT2D eigenvalue weighted by atomic mass is 16.2. The quantitative estimate of drug-likeness (QED) is 0.886. The van der Waals surface area contributed by atoms with Crippen molar-refractivity contribution in [3.05, 3.63) is 30.3 Å². The highest BCUT2D eigenvalue weighted by molar-refractivity contribution is 5.89. The third-order valence-corrected chi connectivity index (χ3v) is 6.08. The number of carbonyl (C=O) groups excluding carboxylic acids is 2. The summed E-state index contributed by atoms with van der Waals surface area (Å²) in [6, 6.07) is 9.54. The standard InChI is InChI=1S/C21H30N4O2/c1-2-24-15-21(12-19(24)26)14-23(13-17-8-9-17)10-11-25(16-21)20(27)22-18-6-4-3-5-7-18/h3-7,17H,2,8-16H2,1H3,(H,22,27). The van der Waals surface area contributed by atoms with E-state index in [4.69, 9.17) is 0 Å². The first-order valence-electron chi connectivity index (χ1n) is 10.2. The molecule has 1 aromatic carbocycles. The van der Waals surface area contributed by atoms with Gasteiger partial charge >= 0.3 is 6.03 Å². The van der Waals surface area contributed by atoms with Crippen LogP contribution in [0.1, 0.15) is 26.2 Å². The summed E-state index contributed by atoms with van der Waals surface area (Å²) in [6.07, 6.45) is 3.20. The molecular weight excluding hydrogens is 340 g/mol. The van der Waals surface area contributed by atoms with Crippen molar-refractivity contribution < 1.29 is 9.59 Å². The molecule has 1 N–H and O–H groups in total. The average Bonchev–Trinajstić information content (AvgIpc) is 3.43. The lowest BCUT2D eigenvalue weighted by atomic mass is 9.86. The van der Waals surface area contributed by atoms with Gasteiger partial charge in [-0.25, -0.2) is 4.79 Å². The molecule has 0 aromatic heterocycles. The molecule has 1 unspecified atom stereocenters. The molecule has 4 rings (SSSR count). The minimum Gasteiger partial charge on any atom is -0.342 e. The van der Waals surface area contributed by atoms with Crippen LogP contribution < -0.4 is 5.32 Å². The smallest absolute Gasteiger partial charge is 0.321 e. The average molecular weight is 370 g/mol. The van der Waals surface area contributed by atoms with Crippen molar-refractivity contribution in [2.24, 2.45) is 11.3 Å². The Balaban J connectivity index is 1.50. The van der Waals surface area contributed by atoms with Crippen molar-refractivity contribution in [2.75, 3.05) is 51.1 Å². The van der Waals surface area contributed by atoms with Crippen molar-refractivity contribution >= 4 is 17.6 Å². The Morgan fingerprint density at radius 2 is 1.93 bits per heavy atom. The van der Waals surface area contributed by atoms with Gasteiger partial charge in [-0.3, -0.25) is 4.79 Å². The lowest BCUT2D eigenvalue weighted by Gasteiger charge is -2.33. The fourth-order valence-electron chi connectivity index (χ4n) is 4.55. The molecule has 1 atom stereocenters. The monoisotopic (exact) mass is 370 g/mol. The molecule has 6 nitrogen and oxygen atoms in total. The van der Waals surface area contributed by atoms with Gasteiger partial charge in [-0.05, 0) is 37.8 Å². The van der Waals surface area contributed by atoms with Crippen LogP contribution in [-0.2, 0) is 4.79 Å². The lowest BCUT2D eigenvalue weighted by molar-refractivity contribution is -0.127. The fourth-order valence-corrected chi connectivity index (χ4v) is 4.55. The van der Waals surface area contributed by atoms with Crippen molar-refractivity contribution in [2.45, 2.75) is 26.2 Å². The summed E-state index contributed by atoms with van der Waals surface area (Å²) in [5, 5.41) is 3.02. The molecule has 146 valence electrons. The van der Waals surface area contributed by atoms with Crippen LogP contribution >= 0.6 is 0 Å². The van der Waals surface area contributed by atoms with Crippen LogP contribution in [0.4, 0.5) is 10.5 Å². The Kier molecular flexibility index (Phi) is 5.08. The van der Waals surface area contributed by atoms with Gasteiger partial charge in [0, 0.05) is 63.3 Å². The first-order valence-corrected chi connectivity index (χ1v) is 10.2. The van der Waals surface area contributed by atoms with Gasteiger partial charge in [-0.2, -0.15) is 0 Å². The van der Waals surface area contributed by atoms with Crippen LogP contribution in [-0.4, -0.2) is 72.5 Å². The van der Waals surface area contributed by atoms with Crippen molar-refractivity contribution in [3.63, 3.8) is 0 Å². The van der Waals surface area contributed by atoms with Crippen LogP contribution in [0.15, 0.2) is 30.3 Å². The molecule has 2 heterocycles. The van der Waals surface area contributed by atoms with Gasteiger partial charge < -0.3 is 20.0 Å². The van der Waals surface area contributed by atoms with E-state index in [0.29, 0.717) is 19.5 Å². The zero-order chi connectivity index (χ0) is 18.9. The summed E-state index contributed by atoms with van der Waals surface area (Å²) < 4.78 is 0. The maximum absolute atomic E-state index is 12.9. The Bertz CT molecular complexity index is 691. The molecule has 2 saturated heterocycles. The zero-order valence-corrected chi connectivity index (χ0v) is 16.2. The molecule has 6 heteroatoms. The minimum absolute atomic E-state index is 0.0590. The van der Waals surface area contributed by atoms with Gasteiger partial charge in [0.2, 0.25) is 5.91 Å². The van der Waals surface area contributed by atoms with E-state index in [0.717, 1.165) is 44.3 Å². The molecule has 1 aromatic rings. The normalized spacial score (nSPS) is 26.5. The van der Waals surface area contributed by atoms with Crippen molar-refractivity contribution in [1.29, 1.82) is 0 Å². The second-order valence-electron chi connectivity index (χ2n) is 8.48. The first-order chi connectivity index (χ1) is 13.1. The predicted molar refractivity (Wildman–Crippen MR) is 106 cm³/mol. The molecule has 1 saturated carbocycles. The summed E-state index contributed by atoms with van der Waals surface area (Å²) in [7, 11) is 0.